The van der Waals surface area contributed by atoms with Crippen molar-refractivity contribution in [3.63, 3.8) is 0 Å². The van der Waals surface area contributed by atoms with Gasteiger partial charge in [-0.25, -0.2) is 4.98 Å². The molecule has 2 aromatic rings. The first-order valence-corrected chi connectivity index (χ1v) is 7.66. The van der Waals surface area contributed by atoms with Gasteiger partial charge >= 0.3 is 0 Å². The lowest BCUT2D eigenvalue weighted by Gasteiger charge is -2.12. The number of nitriles is 1. The maximum atomic E-state index is 12.3. The number of carbonyl (C=O) groups is 1. The zero-order valence-electron chi connectivity index (χ0n) is 13.6. The fourth-order valence-corrected chi connectivity index (χ4v) is 2.43. The first-order valence-electron chi connectivity index (χ1n) is 7.28. The largest absolute Gasteiger partial charge is 0.345 e. The molecule has 0 spiro atoms. The Hall–Kier alpha value is -2.84. The number of anilines is 2. The maximum Gasteiger partial charge on any atom is 0.267 e. The minimum atomic E-state index is -0.478. The molecule has 2 N–H and O–H groups in total. The Bertz CT molecular complexity index is 812. The molecule has 1 aromatic heterocycles. The van der Waals surface area contributed by atoms with Crippen LogP contribution >= 0.6 is 11.6 Å². The van der Waals surface area contributed by atoms with Crippen LogP contribution in [0.3, 0.4) is 0 Å². The predicted octanol–water partition coefficient (Wildman–Crippen LogP) is 4.12. The normalized spacial score (nSPS) is 10.9. The second-order valence-electron chi connectivity index (χ2n) is 5.40. The third-order valence-electron chi connectivity index (χ3n) is 3.37. The molecule has 1 aromatic carbocycles. The lowest BCUT2D eigenvalue weighted by atomic mass is 10.0. The van der Waals surface area contributed by atoms with Crippen molar-refractivity contribution in [2.75, 3.05) is 10.6 Å². The maximum absolute atomic E-state index is 12.3. The fourth-order valence-electron chi connectivity index (χ4n) is 2.31. The van der Waals surface area contributed by atoms with Crippen LogP contribution in [0.1, 0.15) is 16.7 Å². The van der Waals surface area contributed by atoms with Gasteiger partial charge in [0.1, 0.15) is 17.5 Å². The number of rotatable bonds is 4. The van der Waals surface area contributed by atoms with Gasteiger partial charge in [-0.1, -0.05) is 29.3 Å². The van der Waals surface area contributed by atoms with Crippen molar-refractivity contribution in [3.05, 3.63) is 63.9 Å². The van der Waals surface area contributed by atoms with Crippen LogP contribution in [-0.2, 0) is 4.79 Å². The number of amides is 1. The van der Waals surface area contributed by atoms with Gasteiger partial charge in [-0.05, 0) is 44.0 Å². The molecular formula is C18H17ClN4O. The van der Waals surface area contributed by atoms with Crippen LogP contribution in [0.5, 0.6) is 0 Å². The molecule has 24 heavy (non-hydrogen) atoms. The second-order valence-corrected chi connectivity index (χ2v) is 5.84. The minimum absolute atomic E-state index is 0.0499. The van der Waals surface area contributed by atoms with E-state index < -0.39 is 5.91 Å². The molecule has 0 aliphatic rings. The number of nitrogens with one attached hydrogen (secondary N) is 2. The molecule has 0 aliphatic carbocycles. The lowest BCUT2D eigenvalue weighted by molar-refractivity contribution is -0.112. The van der Waals surface area contributed by atoms with E-state index in [4.69, 9.17) is 11.6 Å². The number of nitrogens with zero attached hydrogens (tertiary/aromatic N) is 2. The fraction of sp³-hybridized carbons (Fsp3) is 0.167. The summed E-state index contributed by atoms with van der Waals surface area (Å²) in [7, 11) is 0. The van der Waals surface area contributed by atoms with E-state index in [9.17, 15) is 10.1 Å². The first kappa shape index (κ1) is 17.5. The molecule has 0 bridgehead atoms. The molecule has 0 unspecified atom stereocenters. The highest BCUT2D eigenvalue weighted by Crippen LogP contribution is 2.22. The van der Waals surface area contributed by atoms with Crippen LogP contribution in [0.4, 0.5) is 11.5 Å². The van der Waals surface area contributed by atoms with E-state index in [2.05, 4.69) is 15.6 Å². The molecule has 1 amide bonds. The number of aryl methyl sites for hydroxylation is 3. The van der Waals surface area contributed by atoms with Gasteiger partial charge in [0, 0.05) is 18.1 Å². The number of carbonyl (C=O) groups excluding carboxylic acids is 1. The predicted molar refractivity (Wildman–Crippen MR) is 95.8 cm³/mol. The summed E-state index contributed by atoms with van der Waals surface area (Å²) in [6.45, 7) is 5.83. The summed E-state index contributed by atoms with van der Waals surface area (Å²) in [4.78, 5) is 16.4. The molecule has 122 valence electrons. The number of aromatic nitrogens is 1. The van der Waals surface area contributed by atoms with Crippen LogP contribution in [0.25, 0.3) is 0 Å². The summed E-state index contributed by atoms with van der Waals surface area (Å²) in [5.74, 6) is 0.0108. The standard InChI is InChI=1S/C18H17ClN4O/c1-11-6-12(2)17(13(3)7-11)23-18(24)14(8-20)9-21-16-5-4-15(19)10-22-16/h4-7,9-10H,1-3H3,(H,21,22)(H,23,24)/b14-9-. The van der Waals surface area contributed by atoms with E-state index in [1.54, 1.807) is 12.1 Å². The molecule has 0 radical (unpaired) electrons. The summed E-state index contributed by atoms with van der Waals surface area (Å²) < 4.78 is 0. The van der Waals surface area contributed by atoms with Crippen molar-refractivity contribution in [1.82, 2.24) is 4.98 Å². The molecule has 0 saturated heterocycles. The van der Waals surface area contributed by atoms with Crippen LogP contribution in [0, 0.1) is 32.1 Å². The van der Waals surface area contributed by atoms with Gasteiger partial charge in [-0.3, -0.25) is 4.79 Å². The van der Waals surface area contributed by atoms with Crippen molar-refractivity contribution in [3.8, 4) is 6.07 Å². The van der Waals surface area contributed by atoms with Crippen molar-refractivity contribution >= 4 is 29.0 Å². The molecule has 6 heteroatoms. The first-order chi connectivity index (χ1) is 11.4. The van der Waals surface area contributed by atoms with Gasteiger partial charge in [0.05, 0.1) is 5.02 Å². The molecular weight excluding hydrogens is 324 g/mol. The topological polar surface area (TPSA) is 77.8 Å². The monoisotopic (exact) mass is 340 g/mol. The van der Waals surface area contributed by atoms with E-state index in [1.165, 1.54) is 12.4 Å². The van der Waals surface area contributed by atoms with Crippen molar-refractivity contribution in [1.29, 1.82) is 5.26 Å². The Morgan fingerprint density at radius 2 is 1.92 bits per heavy atom. The van der Waals surface area contributed by atoms with Gasteiger partial charge < -0.3 is 10.6 Å². The zero-order valence-corrected chi connectivity index (χ0v) is 14.4. The second kappa shape index (κ2) is 7.62. The third-order valence-corrected chi connectivity index (χ3v) is 3.60. The van der Waals surface area contributed by atoms with Crippen molar-refractivity contribution in [2.45, 2.75) is 20.8 Å². The van der Waals surface area contributed by atoms with Gasteiger partial charge in [-0.15, -0.1) is 0 Å². The quantitative estimate of drug-likeness (QED) is 0.648. The minimum Gasteiger partial charge on any atom is -0.345 e. The summed E-state index contributed by atoms with van der Waals surface area (Å²) in [6.07, 6.45) is 2.80. The van der Waals surface area contributed by atoms with E-state index in [1.807, 2.05) is 39.0 Å². The SMILES string of the molecule is Cc1cc(C)c(NC(=O)/C(C#N)=C\Nc2ccc(Cl)cn2)c(C)c1. The van der Waals surface area contributed by atoms with Crippen LogP contribution in [0.2, 0.25) is 5.02 Å². The smallest absolute Gasteiger partial charge is 0.267 e. The Labute approximate surface area is 146 Å². The number of hydrogen-bond donors (Lipinski definition) is 2. The highest BCUT2D eigenvalue weighted by atomic mass is 35.5. The van der Waals surface area contributed by atoms with Gasteiger partial charge in [0.15, 0.2) is 0 Å². The molecule has 0 saturated carbocycles. The molecule has 0 aliphatic heterocycles. The number of hydrogen-bond acceptors (Lipinski definition) is 4. The Kier molecular flexibility index (Phi) is 5.56. The van der Waals surface area contributed by atoms with Crippen molar-refractivity contribution < 1.29 is 4.79 Å². The highest BCUT2D eigenvalue weighted by molar-refractivity contribution is 6.30. The summed E-state index contributed by atoms with van der Waals surface area (Å²) in [5, 5.41) is 15.3. The molecule has 0 atom stereocenters. The van der Waals surface area contributed by atoms with Crippen molar-refractivity contribution in [2.24, 2.45) is 0 Å². The number of pyridine rings is 1. The van der Waals surface area contributed by atoms with Gasteiger partial charge in [0.25, 0.3) is 5.91 Å². The molecule has 2 rings (SSSR count). The van der Waals surface area contributed by atoms with Gasteiger partial charge in [0.2, 0.25) is 0 Å². The Morgan fingerprint density at radius 3 is 2.46 bits per heavy atom. The van der Waals surface area contributed by atoms with Crippen LogP contribution < -0.4 is 10.6 Å². The lowest BCUT2D eigenvalue weighted by Crippen LogP contribution is -2.16. The average Bonchev–Trinajstić information content (AvgIpc) is 2.53. The van der Waals surface area contributed by atoms with Gasteiger partial charge in [-0.2, -0.15) is 5.26 Å². The highest BCUT2D eigenvalue weighted by Gasteiger charge is 2.12. The number of benzene rings is 1. The van der Waals surface area contributed by atoms with Crippen LogP contribution in [-0.4, -0.2) is 10.9 Å². The molecule has 5 nitrogen and oxygen atoms in total. The zero-order chi connectivity index (χ0) is 17.7. The molecule has 1 heterocycles. The summed E-state index contributed by atoms with van der Waals surface area (Å²) >= 11 is 5.76. The van der Waals surface area contributed by atoms with E-state index >= 15 is 0 Å². The summed E-state index contributed by atoms with van der Waals surface area (Å²) in [5.41, 5.74) is 3.69. The van der Waals surface area contributed by atoms with E-state index in [-0.39, 0.29) is 5.57 Å². The Morgan fingerprint density at radius 1 is 1.25 bits per heavy atom. The van der Waals surface area contributed by atoms with E-state index in [0.29, 0.717) is 10.8 Å². The summed E-state index contributed by atoms with van der Waals surface area (Å²) in [6, 6.07) is 9.16. The van der Waals surface area contributed by atoms with E-state index in [0.717, 1.165) is 22.4 Å². The van der Waals surface area contributed by atoms with Crippen LogP contribution in [0.15, 0.2) is 42.2 Å². The number of halogens is 1. The average molecular weight is 341 g/mol. The third kappa shape index (κ3) is 4.34. The molecule has 0 fully saturated rings. The Balaban J connectivity index is 2.16.